The SMILES string of the molecule is Cn1c(=O)[nH]c(=O)c2cc(S(=O)(=O)O)ccc21. The Morgan fingerprint density at radius 3 is 2.53 bits per heavy atom. The molecule has 0 saturated carbocycles. The Morgan fingerprint density at radius 1 is 1.29 bits per heavy atom. The minimum atomic E-state index is -4.37. The number of aromatic amines is 1. The van der Waals surface area contributed by atoms with E-state index in [1.54, 1.807) is 0 Å². The first-order valence-corrected chi connectivity index (χ1v) is 5.95. The molecule has 1 heterocycles. The molecule has 1 aromatic heterocycles. The summed E-state index contributed by atoms with van der Waals surface area (Å²) in [7, 11) is -2.94. The lowest BCUT2D eigenvalue weighted by atomic mass is 10.2. The Hall–Kier alpha value is -1.93. The van der Waals surface area contributed by atoms with Crippen LogP contribution in [-0.2, 0) is 17.2 Å². The topological polar surface area (TPSA) is 109 Å². The van der Waals surface area contributed by atoms with Crippen LogP contribution in [0.3, 0.4) is 0 Å². The molecule has 8 heteroatoms. The molecule has 0 atom stereocenters. The molecule has 0 saturated heterocycles. The zero-order valence-electron chi connectivity index (χ0n) is 8.67. The molecular formula is C9H8N2O5S. The third-order valence-corrected chi connectivity index (χ3v) is 3.25. The van der Waals surface area contributed by atoms with E-state index in [4.69, 9.17) is 4.55 Å². The molecule has 90 valence electrons. The van der Waals surface area contributed by atoms with Gasteiger partial charge in [0.05, 0.1) is 15.8 Å². The molecule has 1 aromatic carbocycles. The summed E-state index contributed by atoms with van der Waals surface area (Å²) in [6, 6.07) is 3.43. The van der Waals surface area contributed by atoms with Crippen LogP contribution in [0.25, 0.3) is 10.9 Å². The van der Waals surface area contributed by atoms with Gasteiger partial charge in [0.1, 0.15) is 0 Å². The lowest BCUT2D eigenvalue weighted by Gasteiger charge is -2.04. The maximum atomic E-state index is 11.5. The zero-order valence-corrected chi connectivity index (χ0v) is 9.48. The normalized spacial score (nSPS) is 11.9. The molecule has 0 amide bonds. The van der Waals surface area contributed by atoms with Gasteiger partial charge in [-0.25, -0.2) is 4.79 Å². The van der Waals surface area contributed by atoms with Gasteiger partial charge in [0.15, 0.2) is 0 Å². The van der Waals surface area contributed by atoms with Gasteiger partial charge in [-0.15, -0.1) is 0 Å². The summed E-state index contributed by atoms with van der Waals surface area (Å²) in [5.74, 6) is 0. The number of aromatic nitrogens is 2. The number of nitrogens with zero attached hydrogens (tertiary/aromatic N) is 1. The summed E-state index contributed by atoms with van der Waals surface area (Å²) < 4.78 is 31.9. The highest BCUT2D eigenvalue weighted by Crippen LogP contribution is 2.14. The van der Waals surface area contributed by atoms with Gasteiger partial charge < -0.3 is 0 Å². The van der Waals surface area contributed by atoms with Crippen LogP contribution in [0.5, 0.6) is 0 Å². The molecule has 0 aliphatic rings. The average molecular weight is 256 g/mol. The number of fused-ring (bicyclic) bond motifs is 1. The van der Waals surface area contributed by atoms with Crippen LogP contribution in [-0.4, -0.2) is 22.5 Å². The number of nitrogens with one attached hydrogen (secondary N) is 1. The minimum absolute atomic E-state index is 0.0159. The van der Waals surface area contributed by atoms with E-state index in [-0.39, 0.29) is 10.9 Å². The number of hydrogen-bond donors (Lipinski definition) is 2. The highest BCUT2D eigenvalue weighted by Gasteiger charge is 2.12. The Labute approximate surface area is 95.1 Å². The Kier molecular flexibility index (Phi) is 2.40. The lowest BCUT2D eigenvalue weighted by molar-refractivity contribution is 0.483. The molecule has 2 rings (SSSR count). The highest BCUT2D eigenvalue weighted by atomic mass is 32.2. The predicted molar refractivity (Wildman–Crippen MR) is 59.6 cm³/mol. The molecule has 0 radical (unpaired) electrons. The predicted octanol–water partition coefficient (Wildman–Crippen LogP) is -0.526. The Bertz CT molecular complexity index is 815. The average Bonchev–Trinajstić information content (AvgIpc) is 2.24. The van der Waals surface area contributed by atoms with Crippen LogP contribution >= 0.6 is 0 Å². The number of benzene rings is 1. The highest BCUT2D eigenvalue weighted by molar-refractivity contribution is 7.85. The lowest BCUT2D eigenvalue weighted by Crippen LogP contribution is -2.28. The van der Waals surface area contributed by atoms with Crippen molar-refractivity contribution >= 4 is 21.0 Å². The second-order valence-corrected chi connectivity index (χ2v) is 4.89. The molecule has 0 aliphatic heterocycles. The fraction of sp³-hybridized carbons (Fsp3) is 0.111. The van der Waals surface area contributed by atoms with Crippen LogP contribution in [0.4, 0.5) is 0 Å². The Balaban J connectivity index is 2.99. The molecule has 2 aromatic rings. The van der Waals surface area contributed by atoms with E-state index in [1.165, 1.54) is 17.7 Å². The van der Waals surface area contributed by atoms with Crippen molar-refractivity contribution in [3.63, 3.8) is 0 Å². The van der Waals surface area contributed by atoms with Crippen molar-refractivity contribution in [2.75, 3.05) is 0 Å². The van der Waals surface area contributed by atoms with Gasteiger partial charge in [-0.2, -0.15) is 8.42 Å². The molecule has 0 spiro atoms. The van der Waals surface area contributed by atoms with Crippen LogP contribution < -0.4 is 11.2 Å². The largest absolute Gasteiger partial charge is 0.328 e. The van der Waals surface area contributed by atoms with Gasteiger partial charge in [0.25, 0.3) is 15.7 Å². The first kappa shape index (κ1) is 11.6. The fourth-order valence-corrected chi connectivity index (χ4v) is 2.01. The number of rotatable bonds is 1. The van der Waals surface area contributed by atoms with Gasteiger partial charge in [-0.1, -0.05) is 0 Å². The maximum absolute atomic E-state index is 11.5. The van der Waals surface area contributed by atoms with Crippen LogP contribution in [0.15, 0.2) is 32.7 Å². The Morgan fingerprint density at radius 2 is 1.94 bits per heavy atom. The summed E-state index contributed by atoms with van der Waals surface area (Å²) in [6.45, 7) is 0. The minimum Gasteiger partial charge on any atom is -0.296 e. The molecule has 17 heavy (non-hydrogen) atoms. The maximum Gasteiger partial charge on any atom is 0.328 e. The van der Waals surface area contributed by atoms with Crippen molar-refractivity contribution in [1.29, 1.82) is 0 Å². The molecular weight excluding hydrogens is 248 g/mol. The van der Waals surface area contributed by atoms with Crippen molar-refractivity contribution < 1.29 is 13.0 Å². The third-order valence-electron chi connectivity index (χ3n) is 2.40. The number of aryl methyl sites for hydroxylation is 1. The molecule has 7 nitrogen and oxygen atoms in total. The van der Waals surface area contributed by atoms with E-state index in [0.717, 1.165) is 12.1 Å². The van der Waals surface area contributed by atoms with E-state index in [9.17, 15) is 18.0 Å². The van der Waals surface area contributed by atoms with E-state index >= 15 is 0 Å². The van der Waals surface area contributed by atoms with E-state index < -0.39 is 26.3 Å². The van der Waals surface area contributed by atoms with Crippen molar-refractivity contribution in [1.82, 2.24) is 9.55 Å². The zero-order chi connectivity index (χ0) is 12.8. The van der Waals surface area contributed by atoms with E-state index in [1.807, 2.05) is 4.98 Å². The summed E-state index contributed by atoms with van der Waals surface area (Å²) >= 11 is 0. The quantitative estimate of drug-likeness (QED) is 0.667. The molecule has 0 aliphatic carbocycles. The number of hydrogen-bond acceptors (Lipinski definition) is 4. The summed E-state index contributed by atoms with van der Waals surface area (Å²) in [6.07, 6.45) is 0. The van der Waals surface area contributed by atoms with E-state index in [2.05, 4.69) is 0 Å². The second-order valence-electron chi connectivity index (χ2n) is 3.47. The van der Waals surface area contributed by atoms with Crippen molar-refractivity contribution in [3.8, 4) is 0 Å². The fourth-order valence-electron chi connectivity index (χ4n) is 1.51. The molecule has 0 unspecified atom stereocenters. The van der Waals surface area contributed by atoms with Crippen LogP contribution in [0, 0.1) is 0 Å². The smallest absolute Gasteiger partial charge is 0.296 e. The van der Waals surface area contributed by atoms with Crippen molar-refractivity contribution in [3.05, 3.63) is 39.0 Å². The van der Waals surface area contributed by atoms with Crippen molar-refractivity contribution in [2.24, 2.45) is 7.05 Å². The van der Waals surface area contributed by atoms with E-state index in [0.29, 0.717) is 0 Å². The van der Waals surface area contributed by atoms with Crippen molar-refractivity contribution in [2.45, 2.75) is 4.90 Å². The van der Waals surface area contributed by atoms with Crippen LogP contribution in [0.1, 0.15) is 0 Å². The number of H-pyrrole nitrogens is 1. The molecule has 0 bridgehead atoms. The summed E-state index contributed by atoms with van der Waals surface area (Å²) in [5, 5.41) is 0.0159. The molecule has 0 fully saturated rings. The third kappa shape index (κ3) is 1.87. The van der Waals surface area contributed by atoms with Gasteiger partial charge in [-0.05, 0) is 18.2 Å². The summed E-state index contributed by atoms with van der Waals surface area (Å²) in [4.78, 5) is 24.4. The molecule has 2 N–H and O–H groups in total. The summed E-state index contributed by atoms with van der Waals surface area (Å²) in [5.41, 5.74) is -1.01. The monoisotopic (exact) mass is 256 g/mol. The van der Waals surface area contributed by atoms with Gasteiger partial charge in [0, 0.05) is 7.05 Å². The van der Waals surface area contributed by atoms with Gasteiger partial charge in [-0.3, -0.25) is 18.9 Å². The first-order chi connectivity index (χ1) is 7.80. The first-order valence-electron chi connectivity index (χ1n) is 4.51. The van der Waals surface area contributed by atoms with Gasteiger partial charge in [0.2, 0.25) is 0 Å². The second kappa shape index (κ2) is 3.54. The van der Waals surface area contributed by atoms with Crippen LogP contribution in [0.2, 0.25) is 0 Å². The van der Waals surface area contributed by atoms with Gasteiger partial charge >= 0.3 is 5.69 Å². The standard InChI is InChI=1S/C9H8N2O5S/c1-11-7-3-2-5(17(14,15)16)4-6(7)8(12)10-9(11)13/h2-4H,1H3,(H,10,12,13)(H,14,15,16).